The maximum atomic E-state index is 5.56. The molecule has 0 aliphatic heterocycles. The van der Waals surface area contributed by atoms with Gasteiger partial charge in [-0.05, 0) is 23.7 Å². The zero-order valence-corrected chi connectivity index (χ0v) is 8.57. The molecule has 2 nitrogen and oxygen atoms in total. The summed E-state index contributed by atoms with van der Waals surface area (Å²) in [4.78, 5) is 7.69. The fraction of sp³-hybridized carbons (Fsp3) is 0. The van der Waals surface area contributed by atoms with Crippen molar-refractivity contribution in [3.63, 3.8) is 0 Å². The first kappa shape index (κ1) is 9.70. The van der Waals surface area contributed by atoms with Gasteiger partial charge in [0, 0.05) is 18.0 Å². The van der Waals surface area contributed by atoms with Crippen LogP contribution in [0.3, 0.4) is 0 Å². The summed E-state index contributed by atoms with van der Waals surface area (Å²) in [6.45, 7) is 0. The van der Waals surface area contributed by atoms with Crippen molar-refractivity contribution >= 4 is 11.6 Å². The summed E-state index contributed by atoms with van der Waals surface area (Å²) < 4.78 is 0. The predicted molar refractivity (Wildman–Crippen MR) is 59.5 cm³/mol. The molecule has 0 saturated heterocycles. The van der Waals surface area contributed by atoms with Crippen LogP contribution >= 0.6 is 11.6 Å². The van der Waals surface area contributed by atoms with E-state index in [-0.39, 0.29) is 5.28 Å². The van der Waals surface area contributed by atoms with Gasteiger partial charge in [0.05, 0.1) is 5.56 Å². The third kappa shape index (κ3) is 2.80. The van der Waals surface area contributed by atoms with Crippen LogP contribution in [-0.2, 0) is 0 Å². The minimum absolute atomic E-state index is 0.236. The van der Waals surface area contributed by atoms with Crippen LogP contribution < -0.4 is 0 Å². The molecule has 0 amide bonds. The second-order valence-corrected chi connectivity index (χ2v) is 3.19. The van der Waals surface area contributed by atoms with Crippen LogP contribution in [0, 0.1) is 11.8 Å². The topological polar surface area (TPSA) is 25.8 Å². The summed E-state index contributed by atoms with van der Waals surface area (Å²) in [5, 5.41) is 0.236. The average Bonchev–Trinajstić information content (AvgIpc) is 2.30. The van der Waals surface area contributed by atoms with Crippen molar-refractivity contribution in [3.05, 3.63) is 59.1 Å². The van der Waals surface area contributed by atoms with E-state index in [1.54, 1.807) is 12.4 Å². The van der Waals surface area contributed by atoms with Crippen LogP contribution in [0.25, 0.3) is 0 Å². The molecule has 3 heteroatoms. The molecule has 72 valence electrons. The van der Waals surface area contributed by atoms with E-state index < -0.39 is 0 Å². The first-order chi connectivity index (χ1) is 7.34. The molecule has 1 aromatic heterocycles. The van der Waals surface area contributed by atoms with Gasteiger partial charge in [0.1, 0.15) is 0 Å². The highest BCUT2D eigenvalue weighted by Crippen LogP contribution is 2.00. The van der Waals surface area contributed by atoms with Gasteiger partial charge in [-0.2, -0.15) is 0 Å². The predicted octanol–water partition coefficient (Wildman–Crippen LogP) is 2.53. The van der Waals surface area contributed by atoms with Gasteiger partial charge in [-0.1, -0.05) is 30.0 Å². The molecule has 15 heavy (non-hydrogen) atoms. The standard InChI is InChI=1S/C12H7ClN2/c13-12-14-8-11(9-15-12)7-6-10-4-2-1-3-5-10/h1-5,8-9H. The van der Waals surface area contributed by atoms with Crippen molar-refractivity contribution in [1.82, 2.24) is 9.97 Å². The molecule has 0 unspecified atom stereocenters. The van der Waals surface area contributed by atoms with Crippen LogP contribution in [0.5, 0.6) is 0 Å². The van der Waals surface area contributed by atoms with E-state index in [1.165, 1.54) is 0 Å². The van der Waals surface area contributed by atoms with Gasteiger partial charge < -0.3 is 0 Å². The van der Waals surface area contributed by atoms with Crippen molar-refractivity contribution in [3.8, 4) is 11.8 Å². The van der Waals surface area contributed by atoms with Crippen molar-refractivity contribution in [2.75, 3.05) is 0 Å². The van der Waals surface area contributed by atoms with E-state index in [4.69, 9.17) is 11.6 Å². The number of halogens is 1. The molecule has 0 aliphatic rings. The zero-order chi connectivity index (χ0) is 10.5. The van der Waals surface area contributed by atoms with Crippen molar-refractivity contribution < 1.29 is 0 Å². The summed E-state index contributed by atoms with van der Waals surface area (Å²) in [5.41, 5.74) is 1.72. The Morgan fingerprint density at radius 2 is 1.47 bits per heavy atom. The zero-order valence-electron chi connectivity index (χ0n) is 7.81. The van der Waals surface area contributed by atoms with Crippen molar-refractivity contribution in [2.45, 2.75) is 0 Å². The fourth-order valence-corrected chi connectivity index (χ4v) is 1.14. The highest BCUT2D eigenvalue weighted by molar-refractivity contribution is 6.28. The summed E-state index contributed by atoms with van der Waals surface area (Å²) in [6.07, 6.45) is 3.20. The lowest BCUT2D eigenvalue weighted by molar-refractivity contribution is 1.16. The van der Waals surface area contributed by atoms with Gasteiger partial charge in [0.2, 0.25) is 5.28 Å². The Hall–Kier alpha value is -1.85. The first-order valence-corrected chi connectivity index (χ1v) is 4.77. The largest absolute Gasteiger partial charge is 0.225 e. The Kier molecular flexibility index (Phi) is 2.96. The lowest BCUT2D eigenvalue weighted by atomic mass is 10.2. The number of benzene rings is 1. The molecule has 0 fully saturated rings. The molecule has 0 radical (unpaired) electrons. The summed E-state index contributed by atoms with van der Waals surface area (Å²) >= 11 is 5.56. The normalized spacial score (nSPS) is 9.13. The number of hydrogen-bond acceptors (Lipinski definition) is 2. The molecule has 1 aromatic carbocycles. The molecular formula is C12H7ClN2. The van der Waals surface area contributed by atoms with E-state index in [2.05, 4.69) is 21.8 Å². The van der Waals surface area contributed by atoms with Gasteiger partial charge in [0.15, 0.2) is 0 Å². The smallest absolute Gasteiger partial charge is 0.222 e. The minimum Gasteiger partial charge on any atom is -0.225 e. The Bertz CT molecular complexity index is 495. The van der Waals surface area contributed by atoms with E-state index in [0.29, 0.717) is 0 Å². The number of rotatable bonds is 0. The highest BCUT2D eigenvalue weighted by atomic mass is 35.5. The van der Waals surface area contributed by atoms with Gasteiger partial charge >= 0.3 is 0 Å². The van der Waals surface area contributed by atoms with E-state index in [1.807, 2.05) is 30.3 Å². The lowest BCUT2D eigenvalue weighted by Crippen LogP contribution is -1.83. The number of hydrogen-bond donors (Lipinski definition) is 0. The maximum Gasteiger partial charge on any atom is 0.222 e. The van der Waals surface area contributed by atoms with Crippen LogP contribution in [0.2, 0.25) is 5.28 Å². The quantitative estimate of drug-likeness (QED) is 0.498. The average molecular weight is 215 g/mol. The van der Waals surface area contributed by atoms with E-state index in [9.17, 15) is 0 Å². The number of aromatic nitrogens is 2. The third-order valence-corrected chi connectivity index (χ3v) is 1.94. The van der Waals surface area contributed by atoms with Gasteiger partial charge in [0.25, 0.3) is 0 Å². The van der Waals surface area contributed by atoms with Crippen molar-refractivity contribution in [2.24, 2.45) is 0 Å². The fourth-order valence-electron chi connectivity index (χ4n) is 1.04. The molecule has 0 spiro atoms. The molecule has 2 aromatic rings. The summed E-state index contributed by atoms with van der Waals surface area (Å²) in [5.74, 6) is 5.96. The molecule has 0 saturated carbocycles. The Morgan fingerprint density at radius 1 is 0.867 bits per heavy atom. The molecule has 1 heterocycles. The summed E-state index contributed by atoms with van der Waals surface area (Å²) in [7, 11) is 0. The van der Waals surface area contributed by atoms with Crippen LogP contribution in [0.4, 0.5) is 0 Å². The maximum absolute atomic E-state index is 5.56. The number of nitrogens with zero attached hydrogens (tertiary/aromatic N) is 2. The van der Waals surface area contributed by atoms with Gasteiger partial charge in [-0.25, -0.2) is 9.97 Å². The summed E-state index contributed by atoms with van der Waals surface area (Å²) in [6, 6.07) is 9.74. The first-order valence-electron chi connectivity index (χ1n) is 4.39. The van der Waals surface area contributed by atoms with Crippen LogP contribution in [0.15, 0.2) is 42.7 Å². The monoisotopic (exact) mass is 214 g/mol. The lowest BCUT2D eigenvalue weighted by Gasteiger charge is -1.89. The molecule has 0 bridgehead atoms. The Balaban J connectivity index is 2.22. The van der Waals surface area contributed by atoms with Gasteiger partial charge in [-0.3, -0.25) is 0 Å². The molecule has 2 rings (SSSR count). The molecule has 0 atom stereocenters. The van der Waals surface area contributed by atoms with Crippen molar-refractivity contribution in [1.29, 1.82) is 0 Å². The highest BCUT2D eigenvalue weighted by Gasteiger charge is 1.89. The van der Waals surface area contributed by atoms with Crippen LogP contribution in [0.1, 0.15) is 11.1 Å². The second-order valence-electron chi connectivity index (χ2n) is 2.86. The SMILES string of the molecule is Clc1ncc(C#Cc2ccccc2)cn1. The molecular weight excluding hydrogens is 208 g/mol. The van der Waals surface area contributed by atoms with Gasteiger partial charge in [-0.15, -0.1) is 0 Å². The third-order valence-electron chi connectivity index (χ3n) is 1.75. The molecule has 0 aliphatic carbocycles. The Labute approximate surface area is 93.0 Å². The molecule has 0 N–H and O–H groups in total. The Morgan fingerprint density at radius 3 is 2.13 bits per heavy atom. The van der Waals surface area contributed by atoms with Crippen LogP contribution in [-0.4, -0.2) is 9.97 Å². The minimum atomic E-state index is 0.236. The van der Waals surface area contributed by atoms with E-state index >= 15 is 0 Å². The second kappa shape index (κ2) is 4.59. The van der Waals surface area contributed by atoms with E-state index in [0.717, 1.165) is 11.1 Å².